The van der Waals surface area contributed by atoms with Crippen LogP contribution in [0.2, 0.25) is 5.02 Å². The van der Waals surface area contributed by atoms with Crippen LogP contribution in [0, 0.1) is 0 Å². The third-order valence-corrected chi connectivity index (χ3v) is 5.70. The molecule has 0 bridgehead atoms. The van der Waals surface area contributed by atoms with E-state index in [0.717, 1.165) is 32.8 Å². The van der Waals surface area contributed by atoms with E-state index >= 15 is 0 Å². The van der Waals surface area contributed by atoms with Crippen LogP contribution in [0.3, 0.4) is 0 Å². The van der Waals surface area contributed by atoms with E-state index in [-0.39, 0.29) is 28.8 Å². The molecule has 34 heavy (non-hydrogen) atoms. The maximum Gasteiger partial charge on any atom is 0.435 e. The lowest BCUT2D eigenvalue weighted by atomic mass is 10.0. The molecule has 0 aliphatic rings. The zero-order valence-electron chi connectivity index (χ0n) is 17.5. The molecule has 5 rings (SSSR count). The van der Waals surface area contributed by atoms with Crippen molar-refractivity contribution >= 4 is 22.5 Å². The minimum absolute atomic E-state index is 0.0480. The molecule has 0 unspecified atom stereocenters. The highest BCUT2D eigenvalue weighted by molar-refractivity contribution is 6.32. The number of fused-ring (bicyclic) bond motifs is 1. The summed E-state index contributed by atoms with van der Waals surface area (Å²) in [4.78, 5) is 3.18. The van der Waals surface area contributed by atoms with E-state index in [2.05, 4.69) is 10.1 Å². The minimum Gasteiger partial charge on any atom is -0.506 e. The SMILES string of the molecule is Oc1cccc(Cl)c1-n1nc(C(F)(F)F)cc1COc1ccc(-c2cccc3[nH]ccc23)cc1. The molecule has 0 fully saturated rings. The first kappa shape index (κ1) is 21.9. The zero-order valence-corrected chi connectivity index (χ0v) is 18.2. The van der Waals surface area contributed by atoms with E-state index in [1.165, 1.54) is 18.2 Å². The van der Waals surface area contributed by atoms with E-state index in [0.29, 0.717) is 5.75 Å². The summed E-state index contributed by atoms with van der Waals surface area (Å²) in [5.74, 6) is 0.170. The molecule has 0 atom stereocenters. The molecule has 5 aromatic rings. The smallest absolute Gasteiger partial charge is 0.435 e. The van der Waals surface area contributed by atoms with E-state index in [1.54, 1.807) is 12.1 Å². The summed E-state index contributed by atoms with van der Waals surface area (Å²) < 4.78 is 46.7. The number of rotatable bonds is 5. The highest BCUT2D eigenvalue weighted by atomic mass is 35.5. The van der Waals surface area contributed by atoms with E-state index < -0.39 is 11.9 Å². The summed E-state index contributed by atoms with van der Waals surface area (Å²) in [6.07, 6.45) is -2.79. The first-order valence-corrected chi connectivity index (χ1v) is 10.6. The van der Waals surface area contributed by atoms with Crippen LogP contribution in [0.15, 0.2) is 79.0 Å². The van der Waals surface area contributed by atoms with Gasteiger partial charge in [-0.05, 0) is 53.6 Å². The van der Waals surface area contributed by atoms with Gasteiger partial charge in [-0.25, -0.2) is 4.68 Å². The van der Waals surface area contributed by atoms with Gasteiger partial charge >= 0.3 is 6.18 Å². The summed E-state index contributed by atoms with van der Waals surface area (Å²) >= 11 is 6.14. The molecule has 0 aliphatic heterocycles. The molecular formula is C25H17ClF3N3O2. The van der Waals surface area contributed by atoms with Crippen LogP contribution in [0.5, 0.6) is 11.5 Å². The number of aromatic amines is 1. The number of halogens is 4. The van der Waals surface area contributed by atoms with Gasteiger partial charge in [0.25, 0.3) is 0 Å². The molecule has 0 aliphatic carbocycles. The monoisotopic (exact) mass is 483 g/mol. The average Bonchev–Trinajstić information content (AvgIpc) is 3.45. The summed E-state index contributed by atoms with van der Waals surface area (Å²) in [7, 11) is 0. The maximum absolute atomic E-state index is 13.3. The van der Waals surface area contributed by atoms with Crippen LogP contribution in [0.1, 0.15) is 11.4 Å². The van der Waals surface area contributed by atoms with Crippen molar-refractivity contribution in [1.82, 2.24) is 14.8 Å². The first-order chi connectivity index (χ1) is 16.3. The van der Waals surface area contributed by atoms with Gasteiger partial charge in [-0.15, -0.1) is 0 Å². The molecule has 0 spiro atoms. The van der Waals surface area contributed by atoms with Crippen LogP contribution in [-0.4, -0.2) is 19.9 Å². The largest absolute Gasteiger partial charge is 0.506 e. The van der Waals surface area contributed by atoms with Crippen molar-refractivity contribution in [3.63, 3.8) is 0 Å². The summed E-state index contributed by atoms with van der Waals surface area (Å²) in [5.41, 5.74) is 1.97. The Kier molecular flexibility index (Phi) is 5.45. The molecular weight excluding hydrogens is 467 g/mol. The Morgan fingerprint density at radius 3 is 2.50 bits per heavy atom. The van der Waals surface area contributed by atoms with E-state index in [9.17, 15) is 18.3 Å². The van der Waals surface area contributed by atoms with Gasteiger partial charge in [-0.3, -0.25) is 0 Å². The van der Waals surface area contributed by atoms with Gasteiger partial charge < -0.3 is 14.8 Å². The highest BCUT2D eigenvalue weighted by Crippen LogP contribution is 2.35. The molecule has 2 aromatic heterocycles. The number of H-pyrrole nitrogens is 1. The average molecular weight is 484 g/mol. The Morgan fingerprint density at radius 2 is 1.76 bits per heavy atom. The fourth-order valence-corrected chi connectivity index (χ4v) is 4.04. The lowest BCUT2D eigenvalue weighted by Crippen LogP contribution is -2.09. The van der Waals surface area contributed by atoms with Gasteiger partial charge in [0.05, 0.1) is 10.7 Å². The van der Waals surface area contributed by atoms with Crippen LogP contribution >= 0.6 is 11.6 Å². The molecule has 0 saturated heterocycles. The Morgan fingerprint density at radius 1 is 1.00 bits per heavy atom. The maximum atomic E-state index is 13.3. The number of alkyl halides is 3. The number of para-hydroxylation sites is 1. The number of ether oxygens (including phenoxy) is 1. The summed E-state index contributed by atoms with van der Waals surface area (Å²) in [6, 6.07) is 20.4. The quantitative estimate of drug-likeness (QED) is 0.283. The van der Waals surface area contributed by atoms with Crippen LogP contribution in [0.25, 0.3) is 27.7 Å². The fraction of sp³-hybridized carbons (Fsp3) is 0.0800. The number of hydrogen-bond acceptors (Lipinski definition) is 3. The number of nitrogens with one attached hydrogen (secondary N) is 1. The molecule has 2 N–H and O–H groups in total. The standard InChI is InChI=1S/C25H17ClF3N3O2/c26-20-4-2-6-22(33)24(20)32-16(13-23(31-32)25(27,28)29)14-34-17-9-7-15(8-10-17)18-3-1-5-21-19(18)11-12-30-21/h1-13,30,33H,14H2. The molecule has 172 valence electrons. The number of hydrogen-bond donors (Lipinski definition) is 2. The molecule has 2 heterocycles. The third-order valence-electron chi connectivity index (χ3n) is 5.40. The first-order valence-electron chi connectivity index (χ1n) is 10.2. The molecule has 9 heteroatoms. The Labute approximate surface area is 197 Å². The molecule has 5 nitrogen and oxygen atoms in total. The number of phenols is 1. The normalized spacial score (nSPS) is 11.8. The van der Waals surface area contributed by atoms with Crippen molar-refractivity contribution in [3.05, 3.63) is 95.4 Å². The number of phenolic OH excluding ortho intramolecular Hbond substituents is 1. The van der Waals surface area contributed by atoms with Gasteiger partial charge in [0.15, 0.2) is 5.69 Å². The number of nitrogens with zero attached hydrogens (tertiary/aromatic N) is 2. The second-order valence-electron chi connectivity index (χ2n) is 7.60. The second-order valence-corrected chi connectivity index (χ2v) is 8.00. The lowest BCUT2D eigenvalue weighted by molar-refractivity contribution is -0.141. The van der Waals surface area contributed by atoms with E-state index in [1.807, 2.05) is 42.6 Å². The van der Waals surface area contributed by atoms with Gasteiger partial charge in [0.1, 0.15) is 23.8 Å². The summed E-state index contributed by atoms with van der Waals surface area (Å²) in [6.45, 7) is -0.222. The van der Waals surface area contributed by atoms with Crippen molar-refractivity contribution in [2.45, 2.75) is 12.8 Å². The molecule has 0 radical (unpaired) electrons. The molecule has 0 saturated carbocycles. The van der Waals surface area contributed by atoms with Crippen molar-refractivity contribution in [1.29, 1.82) is 0 Å². The van der Waals surface area contributed by atoms with Crippen molar-refractivity contribution in [3.8, 4) is 28.3 Å². The highest BCUT2D eigenvalue weighted by Gasteiger charge is 2.35. The Bertz CT molecular complexity index is 1450. The van der Waals surface area contributed by atoms with Crippen LogP contribution in [0.4, 0.5) is 13.2 Å². The number of benzene rings is 3. The predicted molar refractivity (Wildman–Crippen MR) is 123 cm³/mol. The third kappa shape index (κ3) is 4.08. The van der Waals surface area contributed by atoms with Gasteiger partial charge in [-0.1, -0.05) is 41.9 Å². The molecule has 3 aromatic carbocycles. The molecule has 0 amide bonds. The van der Waals surface area contributed by atoms with Crippen molar-refractivity contribution in [2.24, 2.45) is 0 Å². The van der Waals surface area contributed by atoms with Gasteiger partial charge in [0.2, 0.25) is 0 Å². The Hall–Kier alpha value is -3.91. The lowest BCUT2D eigenvalue weighted by Gasteiger charge is -2.12. The summed E-state index contributed by atoms with van der Waals surface area (Å²) in [5, 5.41) is 15.0. The number of aromatic nitrogens is 3. The predicted octanol–water partition coefficient (Wildman–Crippen LogP) is 6.98. The fourth-order valence-electron chi connectivity index (χ4n) is 3.79. The second kappa shape index (κ2) is 8.46. The zero-order chi connectivity index (χ0) is 23.9. The van der Waals surface area contributed by atoms with E-state index in [4.69, 9.17) is 16.3 Å². The Balaban J connectivity index is 1.43. The van der Waals surface area contributed by atoms with Crippen LogP contribution in [-0.2, 0) is 12.8 Å². The van der Waals surface area contributed by atoms with Crippen molar-refractivity contribution < 1.29 is 23.0 Å². The topological polar surface area (TPSA) is 63.1 Å². The minimum atomic E-state index is -4.67. The van der Waals surface area contributed by atoms with Crippen molar-refractivity contribution in [2.75, 3.05) is 0 Å². The van der Waals surface area contributed by atoms with Gasteiger partial charge in [0, 0.05) is 17.1 Å². The van der Waals surface area contributed by atoms with Gasteiger partial charge in [-0.2, -0.15) is 18.3 Å². The van der Waals surface area contributed by atoms with Crippen LogP contribution < -0.4 is 4.74 Å². The number of aromatic hydroxyl groups is 1.